The van der Waals surface area contributed by atoms with Crippen molar-refractivity contribution in [3.8, 4) is 0 Å². The molecule has 0 aromatic heterocycles. The molecule has 7 heteroatoms. The normalized spacial score (nSPS) is 16.0. The molecule has 3 amide bonds. The van der Waals surface area contributed by atoms with E-state index in [0.29, 0.717) is 26.2 Å². The van der Waals surface area contributed by atoms with Crippen molar-refractivity contribution >= 4 is 23.4 Å². The molecule has 0 aliphatic carbocycles. The number of rotatable bonds is 6. The van der Waals surface area contributed by atoms with Gasteiger partial charge in [0.25, 0.3) is 0 Å². The Hall–Kier alpha value is -2.41. The van der Waals surface area contributed by atoms with Crippen LogP contribution in [0.2, 0.25) is 0 Å². The Morgan fingerprint density at radius 3 is 2.11 bits per heavy atom. The number of piperazine rings is 1. The average Bonchev–Trinajstić information content (AvgIpc) is 2.68. The van der Waals surface area contributed by atoms with Gasteiger partial charge in [0.2, 0.25) is 17.7 Å². The van der Waals surface area contributed by atoms with E-state index in [2.05, 4.69) is 10.6 Å². The number of carbonyl (C=O) groups excluding carboxylic acids is 3. The number of nitrogens with zero attached hydrogens (tertiary/aromatic N) is 2. The van der Waals surface area contributed by atoms with Gasteiger partial charge in [-0.15, -0.1) is 0 Å². The number of hydrogen-bond acceptors (Lipinski definition) is 4. The van der Waals surface area contributed by atoms with Crippen molar-refractivity contribution in [3.63, 3.8) is 0 Å². The van der Waals surface area contributed by atoms with Crippen molar-refractivity contribution in [1.82, 2.24) is 15.1 Å². The number of aryl methyl sites for hydroxylation is 2. The first-order valence-corrected chi connectivity index (χ1v) is 9.87. The molecule has 0 saturated carbocycles. The fourth-order valence-corrected chi connectivity index (χ4v) is 3.37. The van der Waals surface area contributed by atoms with Gasteiger partial charge in [0.1, 0.15) is 0 Å². The van der Waals surface area contributed by atoms with Crippen molar-refractivity contribution in [2.24, 2.45) is 5.92 Å². The first-order valence-electron chi connectivity index (χ1n) is 9.87. The Bertz CT molecular complexity index is 704. The van der Waals surface area contributed by atoms with Crippen molar-refractivity contribution in [1.29, 1.82) is 0 Å². The summed E-state index contributed by atoms with van der Waals surface area (Å²) in [6.45, 7) is 12.0. The zero-order valence-corrected chi connectivity index (χ0v) is 17.5. The highest BCUT2D eigenvalue weighted by atomic mass is 16.2. The van der Waals surface area contributed by atoms with Gasteiger partial charge in [0.05, 0.1) is 12.6 Å². The molecule has 1 saturated heterocycles. The highest BCUT2D eigenvalue weighted by molar-refractivity contribution is 5.96. The molecular formula is C21H32N4O3. The first kappa shape index (κ1) is 21.9. The predicted octanol–water partition coefficient (Wildman–Crippen LogP) is 1.55. The molecule has 1 heterocycles. The van der Waals surface area contributed by atoms with Gasteiger partial charge >= 0.3 is 0 Å². The fourth-order valence-electron chi connectivity index (χ4n) is 3.37. The van der Waals surface area contributed by atoms with E-state index in [1.807, 2.05) is 62.6 Å². The Balaban J connectivity index is 1.80. The van der Waals surface area contributed by atoms with Crippen LogP contribution >= 0.6 is 0 Å². The van der Waals surface area contributed by atoms with Crippen LogP contribution in [0.4, 0.5) is 5.69 Å². The fraction of sp³-hybridized carbons (Fsp3) is 0.571. The molecule has 2 rings (SSSR count). The second-order valence-electron chi connectivity index (χ2n) is 7.72. The molecule has 1 aliphatic heterocycles. The lowest BCUT2D eigenvalue weighted by Gasteiger charge is -2.38. The van der Waals surface area contributed by atoms with Gasteiger partial charge in [-0.1, -0.05) is 32.0 Å². The van der Waals surface area contributed by atoms with Crippen LogP contribution in [0.1, 0.15) is 31.9 Å². The van der Waals surface area contributed by atoms with E-state index in [1.165, 1.54) is 0 Å². The second-order valence-corrected chi connectivity index (χ2v) is 7.72. The largest absolute Gasteiger partial charge is 0.346 e. The zero-order valence-electron chi connectivity index (χ0n) is 17.5. The Morgan fingerprint density at radius 2 is 1.57 bits per heavy atom. The van der Waals surface area contributed by atoms with Crippen molar-refractivity contribution < 1.29 is 14.4 Å². The maximum absolute atomic E-state index is 12.4. The third-order valence-corrected chi connectivity index (χ3v) is 5.22. The van der Waals surface area contributed by atoms with Gasteiger partial charge in [0, 0.05) is 37.8 Å². The van der Waals surface area contributed by atoms with Crippen LogP contribution in [-0.2, 0) is 14.4 Å². The molecule has 1 unspecified atom stereocenters. The van der Waals surface area contributed by atoms with Gasteiger partial charge in [-0.2, -0.15) is 0 Å². The number of hydrogen-bond donors (Lipinski definition) is 2. The molecule has 1 aromatic rings. The Kier molecular flexibility index (Phi) is 7.57. The van der Waals surface area contributed by atoms with E-state index in [9.17, 15) is 14.4 Å². The van der Waals surface area contributed by atoms with E-state index in [0.717, 1.165) is 16.8 Å². The second kappa shape index (κ2) is 9.68. The van der Waals surface area contributed by atoms with Gasteiger partial charge in [-0.05, 0) is 31.9 Å². The molecule has 0 radical (unpaired) electrons. The van der Waals surface area contributed by atoms with Gasteiger partial charge in [0.15, 0.2) is 0 Å². The minimum atomic E-state index is -0.343. The number of benzene rings is 1. The van der Waals surface area contributed by atoms with Gasteiger partial charge < -0.3 is 15.5 Å². The number of carbonyl (C=O) groups is 3. The number of para-hydroxylation sites is 1. The zero-order chi connectivity index (χ0) is 20.8. The van der Waals surface area contributed by atoms with Crippen molar-refractivity contribution in [2.45, 2.75) is 40.7 Å². The summed E-state index contributed by atoms with van der Waals surface area (Å²) in [7, 11) is 0. The van der Waals surface area contributed by atoms with Crippen LogP contribution in [0.5, 0.6) is 0 Å². The highest BCUT2D eigenvalue weighted by Crippen LogP contribution is 2.19. The maximum atomic E-state index is 12.4. The Morgan fingerprint density at radius 1 is 1.00 bits per heavy atom. The molecular weight excluding hydrogens is 356 g/mol. The lowest BCUT2D eigenvalue weighted by atomic mass is 10.1. The van der Waals surface area contributed by atoms with E-state index in [-0.39, 0.29) is 36.2 Å². The number of amides is 3. The quantitative estimate of drug-likeness (QED) is 0.775. The van der Waals surface area contributed by atoms with Crippen molar-refractivity contribution in [2.75, 3.05) is 38.0 Å². The molecule has 0 bridgehead atoms. The van der Waals surface area contributed by atoms with Crippen LogP contribution < -0.4 is 10.6 Å². The van der Waals surface area contributed by atoms with E-state index < -0.39 is 0 Å². The molecule has 7 nitrogen and oxygen atoms in total. The van der Waals surface area contributed by atoms with Crippen molar-refractivity contribution in [3.05, 3.63) is 29.3 Å². The molecule has 0 spiro atoms. The summed E-state index contributed by atoms with van der Waals surface area (Å²) in [4.78, 5) is 40.6. The molecule has 28 heavy (non-hydrogen) atoms. The summed E-state index contributed by atoms with van der Waals surface area (Å²) in [5.74, 6) is -0.284. The van der Waals surface area contributed by atoms with E-state index in [4.69, 9.17) is 0 Å². The van der Waals surface area contributed by atoms with Gasteiger partial charge in [-0.3, -0.25) is 19.3 Å². The van der Waals surface area contributed by atoms with Gasteiger partial charge in [-0.25, -0.2) is 0 Å². The van der Waals surface area contributed by atoms with Crippen LogP contribution in [0.3, 0.4) is 0 Å². The third kappa shape index (κ3) is 5.55. The molecule has 1 aromatic carbocycles. The molecule has 1 aliphatic rings. The predicted molar refractivity (Wildman–Crippen MR) is 110 cm³/mol. The molecule has 2 N–H and O–H groups in total. The summed E-state index contributed by atoms with van der Waals surface area (Å²) >= 11 is 0. The topological polar surface area (TPSA) is 81.8 Å². The SMILES string of the molecule is Cc1cccc(C)c1NC(=O)CNC(=O)C(C)N1CCN(C(=O)C(C)C)CC1. The third-order valence-electron chi connectivity index (χ3n) is 5.22. The van der Waals surface area contributed by atoms with E-state index in [1.54, 1.807) is 0 Å². The Labute approximate surface area is 167 Å². The number of nitrogens with one attached hydrogen (secondary N) is 2. The molecule has 1 fully saturated rings. The molecule has 154 valence electrons. The smallest absolute Gasteiger partial charge is 0.243 e. The summed E-state index contributed by atoms with van der Waals surface area (Å²) in [5, 5.41) is 5.59. The lowest BCUT2D eigenvalue weighted by molar-refractivity contribution is -0.137. The van der Waals surface area contributed by atoms with E-state index >= 15 is 0 Å². The van der Waals surface area contributed by atoms with Crippen LogP contribution in [0, 0.1) is 19.8 Å². The van der Waals surface area contributed by atoms with Crippen LogP contribution in [0.25, 0.3) is 0 Å². The highest BCUT2D eigenvalue weighted by Gasteiger charge is 2.28. The van der Waals surface area contributed by atoms with Crippen LogP contribution in [0.15, 0.2) is 18.2 Å². The number of anilines is 1. The minimum Gasteiger partial charge on any atom is -0.346 e. The lowest BCUT2D eigenvalue weighted by Crippen LogP contribution is -2.55. The maximum Gasteiger partial charge on any atom is 0.243 e. The average molecular weight is 389 g/mol. The first-order chi connectivity index (χ1) is 13.2. The standard InChI is InChI=1S/C21H32N4O3/c1-14(2)21(28)25-11-9-24(10-12-25)17(5)20(27)22-13-18(26)23-19-15(3)7-6-8-16(19)4/h6-8,14,17H,9-13H2,1-5H3,(H,22,27)(H,23,26). The monoisotopic (exact) mass is 388 g/mol. The summed E-state index contributed by atoms with van der Waals surface area (Å²) in [5.41, 5.74) is 2.77. The summed E-state index contributed by atoms with van der Waals surface area (Å²) in [6.07, 6.45) is 0. The minimum absolute atomic E-state index is 0.0114. The summed E-state index contributed by atoms with van der Waals surface area (Å²) < 4.78 is 0. The molecule has 1 atom stereocenters. The summed E-state index contributed by atoms with van der Waals surface area (Å²) in [6, 6.07) is 5.47. The van der Waals surface area contributed by atoms with Crippen LogP contribution in [-0.4, -0.2) is 66.3 Å².